The van der Waals surface area contributed by atoms with E-state index in [0.717, 1.165) is 35.0 Å². The number of likely N-dealkylation sites (tertiary alicyclic amines) is 1. The number of alkyl halides is 1. The van der Waals surface area contributed by atoms with Crippen LogP contribution in [-0.2, 0) is 20.1 Å². The van der Waals surface area contributed by atoms with E-state index in [1.165, 1.54) is 0 Å². The summed E-state index contributed by atoms with van der Waals surface area (Å²) in [6.45, 7) is 3.77. The summed E-state index contributed by atoms with van der Waals surface area (Å²) >= 11 is 2.45. The topological polar surface area (TPSA) is 91.4 Å². The van der Waals surface area contributed by atoms with Crippen LogP contribution in [0.4, 0.5) is 10.1 Å². The van der Waals surface area contributed by atoms with Gasteiger partial charge in [0.15, 0.2) is 5.72 Å². The molecule has 0 bridgehead atoms. The van der Waals surface area contributed by atoms with Gasteiger partial charge in [-0.1, -0.05) is 6.07 Å². The van der Waals surface area contributed by atoms with Crippen molar-refractivity contribution in [3.8, 4) is 0 Å². The van der Waals surface area contributed by atoms with Crippen molar-refractivity contribution in [1.29, 1.82) is 0 Å². The number of nitrogens with zero attached hydrogens (tertiary/aromatic N) is 2. The Balaban J connectivity index is 1.47. The monoisotopic (exact) mass is 620 g/mol. The number of amides is 2. The van der Waals surface area contributed by atoms with Gasteiger partial charge in [0, 0.05) is 0 Å². The summed E-state index contributed by atoms with van der Waals surface area (Å²) in [4.78, 5) is 40.8. The second-order valence-electron chi connectivity index (χ2n) is 12.4. The number of esters is 1. The van der Waals surface area contributed by atoms with Gasteiger partial charge in [-0.15, -0.1) is 0 Å². The Labute approximate surface area is 248 Å². The number of halogens is 1. The first-order valence-corrected chi connectivity index (χ1v) is 15.6. The zero-order valence-corrected chi connectivity index (χ0v) is 25.3. The number of hydrogen-bond acceptors (Lipinski definition) is 4. The Morgan fingerprint density at radius 3 is 2.46 bits per heavy atom. The zero-order valence-electron chi connectivity index (χ0n) is 23.5. The maximum absolute atomic E-state index is 14.8. The van der Waals surface area contributed by atoms with Gasteiger partial charge in [-0.25, -0.2) is 4.79 Å². The summed E-state index contributed by atoms with van der Waals surface area (Å²) in [5.41, 5.74) is 8.38. The van der Waals surface area contributed by atoms with Crippen molar-refractivity contribution in [2.45, 2.75) is 68.3 Å². The Morgan fingerprint density at radius 2 is 1.80 bits per heavy atom. The first-order chi connectivity index (χ1) is 19.6. The summed E-state index contributed by atoms with van der Waals surface area (Å²) in [6.07, 6.45) is 3.54. The van der Waals surface area contributed by atoms with Gasteiger partial charge in [0.05, 0.1) is 0 Å². The molecule has 2 amide bonds. The van der Waals surface area contributed by atoms with Crippen LogP contribution in [0.25, 0.3) is 10.9 Å². The molecule has 2 aromatic carbocycles. The molecule has 214 valence electrons. The van der Waals surface area contributed by atoms with Gasteiger partial charge in [0.2, 0.25) is 0 Å². The van der Waals surface area contributed by atoms with Gasteiger partial charge in [0.1, 0.15) is 0 Å². The average molecular weight is 621 g/mol. The zero-order chi connectivity index (χ0) is 29.1. The number of fused-ring (bicyclic) bond motifs is 3. The van der Waals surface area contributed by atoms with Crippen LogP contribution in [0.15, 0.2) is 54.6 Å². The normalized spacial score (nSPS) is 29.7. The summed E-state index contributed by atoms with van der Waals surface area (Å²) in [7, 11) is 0. The Morgan fingerprint density at radius 1 is 1.10 bits per heavy atom. The number of nitrogens with two attached hydrogens (primary N) is 1. The molecule has 3 aliphatic rings. The average Bonchev–Trinajstić information content (AvgIpc) is 3.63. The van der Waals surface area contributed by atoms with Crippen molar-refractivity contribution in [3.63, 3.8) is 0 Å². The van der Waals surface area contributed by atoms with Crippen molar-refractivity contribution in [2.24, 2.45) is 17.6 Å². The molecule has 9 heteroatoms. The second-order valence-corrected chi connectivity index (χ2v) is 13.8. The van der Waals surface area contributed by atoms with E-state index in [1.54, 1.807) is 0 Å². The fourth-order valence-corrected chi connectivity index (χ4v) is 8.41. The summed E-state index contributed by atoms with van der Waals surface area (Å²) < 4.78 is 20.6. The number of carbonyl (C=O) groups excluding carboxylic acids is 3. The predicted molar refractivity (Wildman–Crippen MR) is 156 cm³/mol. The van der Waals surface area contributed by atoms with Gasteiger partial charge < -0.3 is 4.74 Å². The fourth-order valence-electron chi connectivity index (χ4n) is 7.78. The van der Waals surface area contributed by atoms with Crippen molar-refractivity contribution in [3.05, 3.63) is 65.9 Å². The quantitative estimate of drug-likeness (QED) is 0.236. The predicted octanol–water partition coefficient (Wildman–Crippen LogP) is 5.11. The molecule has 41 heavy (non-hydrogen) atoms. The number of primary amides is 1. The number of ether oxygens (including phenoxy) is 1. The van der Waals surface area contributed by atoms with Crippen LogP contribution in [-0.4, -0.2) is 58.5 Å². The van der Waals surface area contributed by atoms with E-state index >= 15 is 0 Å². The summed E-state index contributed by atoms with van der Waals surface area (Å²) in [5.74, 6) is -1.08. The van der Waals surface area contributed by atoms with E-state index < -0.39 is 17.7 Å². The number of rotatable bonds is 6. The fraction of sp³-hybridized carbons (Fsp3) is 0.469. The number of hydrogen-bond donors (Lipinski definition) is 1. The molecule has 2 aliphatic heterocycles. The number of cyclic esters (lactones) is 1. The van der Waals surface area contributed by atoms with Crippen LogP contribution in [0, 0.1) is 11.8 Å². The van der Waals surface area contributed by atoms with E-state index in [9.17, 15) is 18.8 Å². The van der Waals surface area contributed by atoms with Crippen molar-refractivity contribution in [1.82, 2.24) is 9.05 Å². The summed E-state index contributed by atoms with van der Waals surface area (Å²) in [6, 6.07) is 16.7. The van der Waals surface area contributed by atoms with E-state index in [1.807, 2.05) is 73.0 Å². The maximum atomic E-state index is 14.8. The Bertz CT molecular complexity index is 1510. The van der Waals surface area contributed by atoms with E-state index in [0.29, 0.717) is 31.5 Å². The van der Waals surface area contributed by atoms with Gasteiger partial charge in [0.25, 0.3) is 0 Å². The minimum absolute atomic E-state index is 0.0129. The van der Waals surface area contributed by atoms with E-state index in [4.69, 9.17) is 10.5 Å². The summed E-state index contributed by atoms with van der Waals surface area (Å²) in [5, 5.41) is 0.817. The van der Waals surface area contributed by atoms with Crippen LogP contribution in [0.5, 0.6) is 0 Å². The molecule has 3 aromatic rings. The third-order valence-corrected chi connectivity index (χ3v) is 10.9. The molecule has 7 nitrogen and oxygen atoms in total. The van der Waals surface area contributed by atoms with Crippen LogP contribution >= 0.6 is 0 Å². The molecule has 1 aromatic heterocycles. The second kappa shape index (κ2) is 10.4. The van der Waals surface area contributed by atoms with Crippen molar-refractivity contribution >= 4 is 51.2 Å². The molecule has 2 radical (unpaired) electrons. The minimum atomic E-state index is -0.826. The van der Waals surface area contributed by atoms with Gasteiger partial charge >= 0.3 is 214 Å². The third kappa shape index (κ3) is 4.45. The molecule has 1 saturated heterocycles. The standard InChI is InChI=1S/C32H35AsFN3O4/c1-32(2)36-26-13-12-23(16-22(26)17-27(36)31(40)41-32)37(30(39)21-10-8-20(9-11-21)25(33)18-34)15-14-24(28(37)29(35)38)19-6-4-3-5-7-19/h3-7,12-13,16-17,20-21,24-25,28H,8-11,14-15,18H2,1-2H3,(H-,35,38)/p+1/t20?,21?,24-,25-,28+,37?/m1/s1. The molecule has 1 unspecified atom stereocenters. The van der Waals surface area contributed by atoms with Crippen LogP contribution < -0.4 is 10.2 Å². The van der Waals surface area contributed by atoms with Gasteiger partial charge in [-0.05, 0) is 13.8 Å². The van der Waals surface area contributed by atoms with Crippen LogP contribution in [0.3, 0.4) is 0 Å². The third-order valence-electron chi connectivity index (χ3n) is 9.72. The molecular formula is C32H36AsFN3O4+. The van der Waals surface area contributed by atoms with Gasteiger partial charge in [-0.2, -0.15) is 0 Å². The number of carbonyl (C=O) groups is 3. The van der Waals surface area contributed by atoms with E-state index in [-0.39, 0.29) is 45.5 Å². The molecule has 2 N–H and O–H groups in total. The first kappa shape index (κ1) is 28.2. The molecular weight excluding hydrogens is 584 g/mol. The molecule has 2 fully saturated rings. The molecule has 4 atom stereocenters. The first-order valence-electron chi connectivity index (χ1n) is 14.5. The number of benzene rings is 2. The molecule has 0 spiro atoms. The van der Waals surface area contributed by atoms with Crippen LogP contribution in [0.2, 0.25) is 4.71 Å². The van der Waals surface area contributed by atoms with Crippen molar-refractivity contribution in [2.75, 3.05) is 13.2 Å². The number of aromatic nitrogens is 1. The van der Waals surface area contributed by atoms with E-state index in [2.05, 4.69) is 16.9 Å². The Hall–Kier alpha value is -2.96. The molecule has 3 heterocycles. The van der Waals surface area contributed by atoms with Crippen molar-refractivity contribution < 1.29 is 23.5 Å². The molecule has 1 saturated carbocycles. The number of quaternary nitrogens is 1. The molecule has 1 aliphatic carbocycles. The van der Waals surface area contributed by atoms with Crippen LogP contribution in [0.1, 0.15) is 67.9 Å². The molecule has 6 rings (SSSR count). The van der Waals surface area contributed by atoms with Gasteiger partial charge in [-0.3, -0.25) is 0 Å². The SMILES string of the molecule is CC1(C)OC(=O)c2cc3cc([N+]4(C(=O)C5CCC([C@H]([As])CF)CC5)CC[C@H](c5ccccc5)[C@H]4C(N)=O)ccc3n21. The Kier molecular flexibility index (Phi) is 7.14.